The molecule has 182 valence electrons. The number of nitrogens with zero attached hydrogens (tertiary/aromatic N) is 1. The van der Waals surface area contributed by atoms with Gasteiger partial charge in [-0.15, -0.1) is 22.7 Å². The summed E-state index contributed by atoms with van der Waals surface area (Å²) in [5.74, 6) is 0. The van der Waals surface area contributed by atoms with Gasteiger partial charge in [0.1, 0.15) is 13.2 Å². The number of ether oxygens (including phenoxy) is 2. The van der Waals surface area contributed by atoms with Gasteiger partial charge in [-0.1, -0.05) is 36.4 Å². The summed E-state index contributed by atoms with van der Waals surface area (Å²) in [7, 11) is 0. The zero-order chi connectivity index (χ0) is 24.2. The smallest absolute Gasteiger partial charge is 0.407 e. The third-order valence-electron chi connectivity index (χ3n) is 4.95. The monoisotopic (exact) mass is 504 g/mol. The van der Waals surface area contributed by atoms with Gasteiger partial charge >= 0.3 is 12.2 Å². The number of carbonyl (C=O) groups excluding carboxylic acids is 2. The first-order valence-electron chi connectivity index (χ1n) is 10.7. The molecule has 0 bridgehead atoms. The van der Waals surface area contributed by atoms with Crippen molar-refractivity contribution in [2.75, 3.05) is 6.54 Å². The topological polar surface area (TPSA) is 136 Å². The second kappa shape index (κ2) is 13.7. The van der Waals surface area contributed by atoms with Crippen molar-refractivity contribution in [3.63, 3.8) is 0 Å². The van der Waals surface area contributed by atoms with Gasteiger partial charge < -0.3 is 30.9 Å². The maximum Gasteiger partial charge on any atom is 0.407 e. The SMILES string of the molecule is NCC(NC(=O)OCc1cncs1)C(O)CC(Cc1ccccc1)NC(=O)OCc1cccs1. The fourth-order valence-electron chi connectivity index (χ4n) is 3.24. The van der Waals surface area contributed by atoms with Crippen molar-refractivity contribution in [1.82, 2.24) is 15.6 Å². The minimum atomic E-state index is -1.02. The van der Waals surface area contributed by atoms with E-state index in [9.17, 15) is 14.7 Å². The lowest BCUT2D eigenvalue weighted by Gasteiger charge is -2.27. The lowest BCUT2D eigenvalue weighted by molar-refractivity contribution is 0.0887. The first-order valence-corrected chi connectivity index (χ1v) is 12.5. The van der Waals surface area contributed by atoms with E-state index in [1.54, 1.807) is 11.7 Å². The van der Waals surface area contributed by atoms with Crippen LogP contribution in [0.3, 0.4) is 0 Å². The molecule has 0 aliphatic carbocycles. The summed E-state index contributed by atoms with van der Waals surface area (Å²) in [6.45, 7) is 0.249. The predicted octanol–water partition coefficient (Wildman–Crippen LogP) is 3.05. The molecule has 3 aromatic rings. The highest BCUT2D eigenvalue weighted by Gasteiger charge is 2.26. The van der Waals surface area contributed by atoms with E-state index in [1.807, 2.05) is 47.8 Å². The molecule has 1 aromatic carbocycles. The molecule has 0 radical (unpaired) electrons. The van der Waals surface area contributed by atoms with Gasteiger partial charge in [-0.05, 0) is 29.9 Å². The molecular formula is C23H28N4O5S2. The summed E-state index contributed by atoms with van der Waals surface area (Å²) < 4.78 is 10.5. The van der Waals surface area contributed by atoms with Crippen LogP contribution in [0.25, 0.3) is 0 Å². The second-order valence-electron chi connectivity index (χ2n) is 7.52. The van der Waals surface area contributed by atoms with Crippen LogP contribution >= 0.6 is 22.7 Å². The molecule has 3 unspecified atom stereocenters. The minimum Gasteiger partial charge on any atom is -0.444 e. The zero-order valence-corrected chi connectivity index (χ0v) is 20.1. The van der Waals surface area contributed by atoms with Crippen LogP contribution in [-0.4, -0.2) is 47.0 Å². The highest BCUT2D eigenvalue weighted by Crippen LogP contribution is 2.13. The molecule has 34 heavy (non-hydrogen) atoms. The largest absolute Gasteiger partial charge is 0.444 e. The predicted molar refractivity (Wildman–Crippen MR) is 130 cm³/mol. The molecule has 2 aromatic heterocycles. The van der Waals surface area contributed by atoms with E-state index < -0.39 is 30.4 Å². The highest BCUT2D eigenvalue weighted by atomic mass is 32.1. The Morgan fingerprint density at radius 2 is 1.74 bits per heavy atom. The maximum absolute atomic E-state index is 12.4. The van der Waals surface area contributed by atoms with E-state index in [1.165, 1.54) is 22.7 Å². The number of carbonyl (C=O) groups is 2. The number of nitrogens with one attached hydrogen (secondary N) is 2. The Kier molecular flexibility index (Phi) is 10.3. The van der Waals surface area contributed by atoms with E-state index in [0.29, 0.717) is 6.42 Å². The average molecular weight is 505 g/mol. The van der Waals surface area contributed by atoms with Gasteiger partial charge in [0.25, 0.3) is 0 Å². The normalized spacial score (nSPS) is 13.5. The number of hydrogen-bond donors (Lipinski definition) is 4. The van der Waals surface area contributed by atoms with Gasteiger partial charge in [-0.25, -0.2) is 9.59 Å². The number of hydrogen-bond acceptors (Lipinski definition) is 9. The lowest BCUT2D eigenvalue weighted by atomic mass is 9.97. The molecule has 2 heterocycles. The third-order valence-corrected chi connectivity index (χ3v) is 6.55. The standard InChI is InChI=1S/C23H28N4O5S2/c24-11-20(27-23(30)32-14-19-12-25-15-34-19)21(28)10-17(9-16-5-2-1-3-6-16)26-22(29)31-13-18-7-4-8-33-18/h1-8,12,15,17,20-21,28H,9-11,13-14,24H2,(H,26,29)(H,27,30). The van der Waals surface area contributed by atoms with E-state index in [-0.39, 0.29) is 26.2 Å². The number of rotatable bonds is 12. The van der Waals surface area contributed by atoms with Crippen LogP contribution in [0.4, 0.5) is 9.59 Å². The Hall–Kier alpha value is -2.99. The lowest BCUT2D eigenvalue weighted by Crippen LogP contribution is -2.51. The van der Waals surface area contributed by atoms with E-state index in [2.05, 4.69) is 15.6 Å². The molecule has 0 saturated carbocycles. The van der Waals surface area contributed by atoms with Crippen molar-refractivity contribution in [2.24, 2.45) is 5.73 Å². The van der Waals surface area contributed by atoms with Crippen LogP contribution in [0.1, 0.15) is 21.7 Å². The van der Waals surface area contributed by atoms with Gasteiger partial charge in [-0.2, -0.15) is 0 Å². The molecule has 9 nitrogen and oxygen atoms in total. The van der Waals surface area contributed by atoms with E-state index in [4.69, 9.17) is 15.2 Å². The molecule has 0 saturated heterocycles. The number of aromatic nitrogens is 1. The van der Waals surface area contributed by atoms with Crippen LogP contribution in [0.5, 0.6) is 0 Å². The van der Waals surface area contributed by atoms with Crippen molar-refractivity contribution >= 4 is 34.9 Å². The van der Waals surface area contributed by atoms with Gasteiger partial charge in [0.15, 0.2) is 0 Å². The van der Waals surface area contributed by atoms with Crippen LogP contribution in [0.15, 0.2) is 59.6 Å². The summed E-state index contributed by atoms with van der Waals surface area (Å²) in [6, 6.07) is 12.2. The Bertz CT molecular complexity index is 986. The molecule has 3 atom stereocenters. The van der Waals surface area contributed by atoms with Gasteiger partial charge in [0.2, 0.25) is 0 Å². The summed E-state index contributed by atoms with van der Waals surface area (Å²) in [4.78, 5) is 30.2. The number of benzene rings is 1. The fourth-order valence-corrected chi connectivity index (χ4v) is 4.36. The van der Waals surface area contributed by atoms with Crippen LogP contribution in [0, 0.1) is 0 Å². The highest BCUT2D eigenvalue weighted by molar-refractivity contribution is 7.10. The van der Waals surface area contributed by atoms with Crippen LogP contribution in [0.2, 0.25) is 0 Å². The number of nitrogens with two attached hydrogens (primary N) is 1. The molecule has 0 aliphatic rings. The molecule has 2 amide bonds. The number of aliphatic hydroxyl groups excluding tert-OH is 1. The van der Waals surface area contributed by atoms with E-state index >= 15 is 0 Å². The molecule has 0 spiro atoms. The summed E-state index contributed by atoms with van der Waals surface area (Å²) in [5, 5.41) is 18.1. The fraction of sp³-hybridized carbons (Fsp3) is 0.348. The molecule has 3 rings (SSSR count). The van der Waals surface area contributed by atoms with Crippen molar-refractivity contribution in [3.05, 3.63) is 74.9 Å². The van der Waals surface area contributed by atoms with Gasteiger partial charge in [0, 0.05) is 23.7 Å². The van der Waals surface area contributed by atoms with Crippen LogP contribution < -0.4 is 16.4 Å². The quantitative estimate of drug-likeness (QED) is 0.298. The van der Waals surface area contributed by atoms with Crippen molar-refractivity contribution in [2.45, 2.75) is 44.2 Å². The van der Waals surface area contributed by atoms with Gasteiger partial charge in [0.05, 0.1) is 22.5 Å². The first-order chi connectivity index (χ1) is 16.5. The summed E-state index contributed by atoms with van der Waals surface area (Å²) in [5.41, 5.74) is 8.43. The maximum atomic E-state index is 12.4. The third kappa shape index (κ3) is 8.75. The van der Waals surface area contributed by atoms with Crippen LogP contribution in [-0.2, 0) is 29.1 Å². The van der Waals surface area contributed by atoms with Crippen molar-refractivity contribution in [1.29, 1.82) is 0 Å². The van der Waals surface area contributed by atoms with Crippen molar-refractivity contribution < 1.29 is 24.2 Å². The summed E-state index contributed by atoms with van der Waals surface area (Å²) in [6.07, 6.45) is -0.0511. The Labute approximate surface area is 205 Å². The average Bonchev–Trinajstić information content (AvgIpc) is 3.55. The zero-order valence-electron chi connectivity index (χ0n) is 18.5. The Morgan fingerprint density at radius 3 is 2.38 bits per heavy atom. The van der Waals surface area contributed by atoms with E-state index in [0.717, 1.165) is 15.3 Å². The Balaban J connectivity index is 1.55. The second-order valence-corrected chi connectivity index (χ2v) is 9.52. The number of amides is 2. The van der Waals surface area contributed by atoms with Crippen molar-refractivity contribution in [3.8, 4) is 0 Å². The minimum absolute atomic E-state index is 0.00228. The number of alkyl carbamates (subject to hydrolysis) is 2. The molecule has 0 fully saturated rings. The Morgan fingerprint density at radius 1 is 1.00 bits per heavy atom. The molecule has 0 aliphatic heterocycles. The molecular weight excluding hydrogens is 476 g/mol. The molecule has 11 heteroatoms. The number of aliphatic hydroxyl groups is 1. The van der Waals surface area contributed by atoms with Gasteiger partial charge in [-0.3, -0.25) is 4.98 Å². The molecule has 5 N–H and O–H groups in total. The first kappa shape index (κ1) is 25.6. The number of thiophene rings is 1. The summed E-state index contributed by atoms with van der Waals surface area (Å²) >= 11 is 2.87. The number of thiazole rings is 1.